The van der Waals surface area contributed by atoms with Crippen LogP contribution in [0.25, 0.3) is 11.1 Å². The number of nitrogens with two attached hydrogens (primary N) is 1. The highest BCUT2D eigenvalue weighted by atomic mass is 19.1. The first-order chi connectivity index (χ1) is 12.0. The summed E-state index contributed by atoms with van der Waals surface area (Å²) in [5, 5.41) is 0. The van der Waals surface area contributed by atoms with E-state index < -0.39 is 5.66 Å². The van der Waals surface area contributed by atoms with Crippen LogP contribution in [0.5, 0.6) is 5.75 Å². The zero-order valence-corrected chi connectivity index (χ0v) is 14.3. The summed E-state index contributed by atoms with van der Waals surface area (Å²) in [5.74, 6) is 0.715. The summed E-state index contributed by atoms with van der Waals surface area (Å²) in [6, 6.07) is 12.9. The molecule has 1 unspecified atom stereocenters. The third kappa shape index (κ3) is 2.51. The van der Waals surface area contributed by atoms with Crippen LogP contribution in [0, 0.1) is 11.7 Å². The van der Waals surface area contributed by atoms with Crippen LogP contribution in [0.4, 0.5) is 4.39 Å². The molecule has 5 heteroatoms. The zero-order valence-electron chi connectivity index (χ0n) is 14.3. The van der Waals surface area contributed by atoms with E-state index in [1.54, 1.807) is 18.2 Å². The molecule has 4 rings (SSSR count). The maximum absolute atomic E-state index is 14.7. The molecule has 1 aliphatic carbocycles. The van der Waals surface area contributed by atoms with Crippen molar-refractivity contribution in [2.75, 3.05) is 7.11 Å². The van der Waals surface area contributed by atoms with Crippen molar-refractivity contribution >= 4 is 11.5 Å². The average molecular weight is 337 g/mol. The molecule has 25 heavy (non-hydrogen) atoms. The van der Waals surface area contributed by atoms with Gasteiger partial charge >= 0.3 is 0 Å². The standard InChI is InChI=1S/C20H20FN3O/c1-12-19(22)24-20(23-12,14-9-10-14)15-6-3-5-13(11-15)16-7-4-8-17(25-2)18(16)21/h3-8,11,14H,9-10H2,1-2H3,(H2,22,24). The lowest BCUT2D eigenvalue weighted by Crippen LogP contribution is -2.23. The number of methoxy groups -OCH3 is 1. The number of benzene rings is 2. The van der Waals surface area contributed by atoms with Gasteiger partial charge in [-0.2, -0.15) is 0 Å². The summed E-state index contributed by atoms with van der Waals surface area (Å²) in [5.41, 5.74) is 8.36. The molecular weight excluding hydrogens is 317 g/mol. The predicted molar refractivity (Wildman–Crippen MR) is 97.5 cm³/mol. The molecule has 2 N–H and O–H groups in total. The monoisotopic (exact) mass is 337 g/mol. The SMILES string of the molecule is COc1cccc(-c2cccc(C3(C4CC4)N=C(C)C(N)=N3)c2)c1F. The van der Waals surface area contributed by atoms with Crippen molar-refractivity contribution in [1.29, 1.82) is 0 Å². The van der Waals surface area contributed by atoms with Crippen LogP contribution >= 0.6 is 0 Å². The molecule has 0 spiro atoms. The van der Waals surface area contributed by atoms with E-state index in [1.165, 1.54) is 7.11 Å². The zero-order chi connectivity index (χ0) is 17.6. The lowest BCUT2D eigenvalue weighted by molar-refractivity contribution is 0.387. The Balaban J connectivity index is 1.83. The Morgan fingerprint density at radius 3 is 2.56 bits per heavy atom. The highest BCUT2D eigenvalue weighted by molar-refractivity contribution is 6.41. The Kier molecular flexibility index (Phi) is 3.60. The molecule has 2 aromatic carbocycles. The smallest absolute Gasteiger partial charge is 0.181 e. The summed E-state index contributed by atoms with van der Waals surface area (Å²) in [6.45, 7) is 1.88. The minimum Gasteiger partial charge on any atom is -0.494 e. The quantitative estimate of drug-likeness (QED) is 0.920. The van der Waals surface area contributed by atoms with E-state index in [4.69, 9.17) is 20.5 Å². The summed E-state index contributed by atoms with van der Waals surface area (Å²) < 4.78 is 19.8. The van der Waals surface area contributed by atoms with Gasteiger partial charge in [0.2, 0.25) is 0 Å². The van der Waals surface area contributed by atoms with Gasteiger partial charge < -0.3 is 10.5 Å². The first kappa shape index (κ1) is 15.8. The molecule has 2 aliphatic rings. The number of amidine groups is 1. The molecular formula is C20H20FN3O. The Hall–Kier alpha value is -2.69. The molecule has 1 aliphatic heterocycles. The van der Waals surface area contributed by atoms with Gasteiger partial charge in [0, 0.05) is 17.0 Å². The van der Waals surface area contributed by atoms with Crippen LogP contribution in [0.15, 0.2) is 52.4 Å². The second-order valence-electron chi connectivity index (χ2n) is 6.60. The van der Waals surface area contributed by atoms with Gasteiger partial charge in [-0.3, -0.25) is 4.99 Å². The number of hydrogen-bond acceptors (Lipinski definition) is 4. The van der Waals surface area contributed by atoms with Crippen molar-refractivity contribution in [2.45, 2.75) is 25.4 Å². The molecule has 2 aromatic rings. The molecule has 0 saturated heterocycles. The summed E-state index contributed by atoms with van der Waals surface area (Å²) >= 11 is 0. The highest BCUT2D eigenvalue weighted by Gasteiger charge is 2.49. The number of ether oxygens (including phenoxy) is 1. The fraction of sp³-hybridized carbons (Fsp3) is 0.300. The molecule has 1 heterocycles. The lowest BCUT2D eigenvalue weighted by atomic mass is 9.92. The van der Waals surface area contributed by atoms with Gasteiger partial charge in [0.25, 0.3) is 0 Å². The first-order valence-corrected chi connectivity index (χ1v) is 8.41. The van der Waals surface area contributed by atoms with Crippen molar-refractivity contribution < 1.29 is 9.13 Å². The van der Waals surface area contributed by atoms with Crippen molar-refractivity contribution in [1.82, 2.24) is 0 Å². The normalized spacial score (nSPS) is 22.5. The summed E-state index contributed by atoms with van der Waals surface area (Å²) in [7, 11) is 1.47. The Labute approximate surface area is 146 Å². The van der Waals surface area contributed by atoms with E-state index in [-0.39, 0.29) is 11.6 Å². The van der Waals surface area contributed by atoms with Gasteiger partial charge in [-0.15, -0.1) is 0 Å². The minimum atomic E-state index is -0.653. The van der Waals surface area contributed by atoms with Crippen molar-refractivity contribution in [3.8, 4) is 16.9 Å². The van der Waals surface area contributed by atoms with E-state index in [1.807, 2.05) is 31.2 Å². The number of rotatable bonds is 4. The third-order valence-electron chi connectivity index (χ3n) is 4.93. The minimum absolute atomic E-state index is 0.233. The predicted octanol–water partition coefficient (Wildman–Crippen LogP) is 3.90. The fourth-order valence-electron chi connectivity index (χ4n) is 3.44. The maximum atomic E-state index is 14.7. The number of halogens is 1. The number of aliphatic imine (C=N–C) groups is 2. The number of hydrogen-bond donors (Lipinski definition) is 1. The number of nitrogens with zero attached hydrogens (tertiary/aromatic N) is 2. The Bertz CT molecular complexity index is 882. The second kappa shape index (κ2) is 5.69. The van der Waals surface area contributed by atoms with Crippen molar-refractivity contribution in [3.05, 3.63) is 53.8 Å². The summed E-state index contributed by atoms with van der Waals surface area (Å²) in [6.07, 6.45) is 2.15. The largest absolute Gasteiger partial charge is 0.494 e. The molecule has 1 saturated carbocycles. The van der Waals surface area contributed by atoms with Crippen LogP contribution in [-0.4, -0.2) is 18.7 Å². The lowest BCUT2D eigenvalue weighted by Gasteiger charge is -2.24. The molecule has 0 amide bonds. The van der Waals surface area contributed by atoms with Crippen LogP contribution < -0.4 is 10.5 Å². The van der Waals surface area contributed by atoms with Crippen LogP contribution in [0.3, 0.4) is 0 Å². The van der Waals surface area contributed by atoms with Crippen LogP contribution in [0.2, 0.25) is 0 Å². The van der Waals surface area contributed by atoms with E-state index >= 15 is 0 Å². The topological polar surface area (TPSA) is 60.0 Å². The summed E-state index contributed by atoms with van der Waals surface area (Å²) in [4.78, 5) is 9.49. The first-order valence-electron chi connectivity index (χ1n) is 8.41. The second-order valence-corrected chi connectivity index (χ2v) is 6.60. The van der Waals surface area contributed by atoms with Crippen molar-refractivity contribution in [2.24, 2.45) is 21.6 Å². The van der Waals surface area contributed by atoms with Crippen LogP contribution in [0.1, 0.15) is 25.3 Å². The van der Waals surface area contributed by atoms with Gasteiger partial charge in [-0.25, -0.2) is 9.38 Å². The molecule has 1 atom stereocenters. The molecule has 128 valence electrons. The molecule has 0 aromatic heterocycles. The van der Waals surface area contributed by atoms with Gasteiger partial charge in [0.05, 0.1) is 12.8 Å². The molecule has 0 bridgehead atoms. The van der Waals surface area contributed by atoms with E-state index in [9.17, 15) is 4.39 Å². The van der Waals surface area contributed by atoms with E-state index in [0.717, 1.165) is 29.7 Å². The Morgan fingerprint density at radius 2 is 1.92 bits per heavy atom. The van der Waals surface area contributed by atoms with E-state index in [0.29, 0.717) is 17.3 Å². The van der Waals surface area contributed by atoms with E-state index in [2.05, 4.69) is 0 Å². The Morgan fingerprint density at radius 1 is 1.16 bits per heavy atom. The van der Waals surface area contributed by atoms with Gasteiger partial charge in [-0.1, -0.05) is 30.3 Å². The fourth-order valence-corrected chi connectivity index (χ4v) is 3.44. The van der Waals surface area contributed by atoms with Gasteiger partial charge in [0.15, 0.2) is 17.2 Å². The highest BCUT2D eigenvalue weighted by Crippen LogP contribution is 2.51. The molecule has 4 nitrogen and oxygen atoms in total. The van der Waals surface area contributed by atoms with Gasteiger partial charge in [0.1, 0.15) is 5.84 Å². The molecule has 1 fully saturated rings. The maximum Gasteiger partial charge on any atom is 0.181 e. The van der Waals surface area contributed by atoms with Crippen LogP contribution in [-0.2, 0) is 5.66 Å². The average Bonchev–Trinajstić information content (AvgIpc) is 3.42. The third-order valence-corrected chi connectivity index (χ3v) is 4.93. The van der Waals surface area contributed by atoms with Crippen molar-refractivity contribution in [3.63, 3.8) is 0 Å². The molecule has 0 radical (unpaired) electrons. The van der Waals surface area contributed by atoms with Gasteiger partial charge in [-0.05, 0) is 37.5 Å².